The molecule has 0 unspecified atom stereocenters. The number of hydrogen-bond donors (Lipinski definition) is 1. The number of thiazole rings is 1. The van der Waals surface area contributed by atoms with Gasteiger partial charge in [0.15, 0.2) is 0 Å². The second kappa shape index (κ2) is 5.12. The van der Waals surface area contributed by atoms with Gasteiger partial charge in [0.1, 0.15) is 10.8 Å². The number of benzene rings is 1. The van der Waals surface area contributed by atoms with Crippen LogP contribution in [0.3, 0.4) is 0 Å². The van der Waals surface area contributed by atoms with Crippen molar-refractivity contribution in [1.29, 1.82) is 0 Å². The molecule has 0 saturated heterocycles. The Morgan fingerprint density at radius 3 is 2.88 bits per heavy atom. The Bertz CT molecular complexity index is 539. The monoisotopic (exact) mass is 270 g/mol. The number of rotatable bonds is 3. The Labute approximate surface area is 108 Å². The van der Waals surface area contributed by atoms with Gasteiger partial charge in [-0.25, -0.2) is 9.37 Å². The van der Waals surface area contributed by atoms with E-state index in [1.807, 2.05) is 14.0 Å². The maximum atomic E-state index is 13.7. The van der Waals surface area contributed by atoms with Crippen LogP contribution in [0, 0.1) is 12.7 Å². The summed E-state index contributed by atoms with van der Waals surface area (Å²) in [5.74, 6) is -0.331. The van der Waals surface area contributed by atoms with Crippen LogP contribution in [-0.4, -0.2) is 12.0 Å². The highest BCUT2D eigenvalue weighted by molar-refractivity contribution is 7.15. The lowest BCUT2D eigenvalue weighted by Crippen LogP contribution is -2.04. The number of nitrogens with zero attached hydrogens (tertiary/aromatic N) is 1. The molecule has 90 valence electrons. The first-order valence-corrected chi connectivity index (χ1v) is 6.37. The molecule has 0 radical (unpaired) electrons. The molecule has 5 heteroatoms. The zero-order valence-electron chi connectivity index (χ0n) is 9.55. The SMILES string of the molecule is CNCc1sc(-c2ccc(Cl)cc2F)nc1C. The molecule has 0 aliphatic heterocycles. The Morgan fingerprint density at radius 2 is 2.24 bits per heavy atom. The summed E-state index contributed by atoms with van der Waals surface area (Å²) in [6.45, 7) is 2.68. The maximum Gasteiger partial charge on any atom is 0.134 e. The van der Waals surface area contributed by atoms with E-state index in [9.17, 15) is 4.39 Å². The van der Waals surface area contributed by atoms with Crippen LogP contribution >= 0.6 is 22.9 Å². The molecule has 1 aromatic heterocycles. The van der Waals surface area contributed by atoms with Gasteiger partial charge in [0, 0.05) is 22.0 Å². The van der Waals surface area contributed by atoms with E-state index in [1.54, 1.807) is 12.1 Å². The van der Waals surface area contributed by atoms with Crippen LogP contribution in [0.4, 0.5) is 4.39 Å². The molecule has 17 heavy (non-hydrogen) atoms. The van der Waals surface area contributed by atoms with E-state index in [1.165, 1.54) is 17.4 Å². The van der Waals surface area contributed by atoms with E-state index < -0.39 is 0 Å². The molecule has 0 amide bonds. The van der Waals surface area contributed by atoms with Crippen molar-refractivity contribution in [2.75, 3.05) is 7.05 Å². The van der Waals surface area contributed by atoms with Crippen LogP contribution in [0.2, 0.25) is 5.02 Å². The number of hydrogen-bond acceptors (Lipinski definition) is 3. The van der Waals surface area contributed by atoms with E-state index in [0.29, 0.717) is 15.6 Å². The van der Waals surface area contributed by atoms with Crippen molar-refractivity contribution in [2.24, 2.45) is 0 Å². The van der Waals surface area contributed by atoms with Crippen LogP contribution in [0.15, 0.2) is 18.2 Å². The molecule has 1 aromatic carbocycles. The molecule has 2 aromatic rings. The molecule has 0 spiro atoms. The predicted octanol–water partition coefficient (Wildman–Crippen LogP) is 3.63. The first-order chi connectivity index (χ1) is 8.11. The number of halogens is 2. The first-order valence-electron chi connectivity index (χ1n) is 5.18. The third-order valence-electron chi connectivity index (χ3n) is 2.39. The largest absolute Gasteiger partial charge is 0.315 e. The zero-order valence-corrected chi connectivity index (χ0v) is 11.1. The summed E-state index contributed by atoms with van der Waals surface area (Å²) in [4.78, 5) is 5.51. The fraction of sp³-hybridized carbons (Fsp3) is 0.250. The van der Waals surface area contributed by atoms with Crippen LogP contribution in [-0.2, 0) is 6.54 Å². The molecule has 0 bridgehead atoms. The van der Waals surface area contributed by atoms with Crippen LogP contribution in [0.5, 0.6) is 0 Å². The third kappa shape index (κ3) is 2.65. The van der Waals surface area contributed by atoms with Crippen molar-refractivity contribution in [3.63, 3.8) is 0 Å². The average Bonchev–Trinajstić information content (AvgIpc) is 2.60. The van der Waals surface area contributed by atoms with Gasteiger partial charge in [-0.2, -0.15) is 0 Å². The second-order valence-electron chi connectivity index (χ2n) is 3.68. The minimum absolute atomic E-state index is 0.331. The smallest absolute Gasteiger partial charge is 0.134 e. The first kappa shape index (κ1) is 12.5. The summed E-state index contributed by atoms with van der Waals surface area (Å²) >= 11 is 7.22. The van der Waals surface area contributed by atoms with Gasteiger partial charge < -0.3 is 5.32 Å². The Morgan fingerprint density at radius 1 is 1.47 bits per heavy atom. The lowest BCUT2D eigenvalue weighted by molar-refractivity contribution is 0.631. The summed E-state index contributed by atoms with van der Waals surface area (Å²) in [5, 5.41) is 4.16. The summed E-state index contributed by atoms with van der Waals surface area (Å²) in [6, 6.07) is 4.65. The number of aromatic nitrogens is 1. The van der Waals surface area contributed by atoms with Gasteiger partial charge >= 0.3 is 0 Å². The van der Waals surface area contributed by atoms with E-state index in [2.05, 4.69) is 10.3 Å². The van der Waals surface area contributed by atoms with Gasteiger partial charge in [0.05, 0.1) is 5.69 Å². The maximum absolute atomic E-state index is 13.7. The average molecular weight is 271 g/mol. The molecule has 1 heterocycles. The number of aryl methyl sites for hydroxylation is 1. The molecular weight excluding hydrogens is 259 g/mol. The highest BCUT2D eigenvalue weighted by Crippen LogP contribution is 2.30. The lowest BCUT2D eigenvalue weighted by atomic mass is 10.2. The molecule has 2 rings (SSSR count). The molecular formula is C12H12ClFN2S. The Hall–Kier alpha value is -0.970. The molecule has 0 aliphatic rings. The fourth-order valence-corrected chi connectivity index (χ4v) is 2.79. The van der Waals surface area contributed by atoms with E-state index in [4.69, 9.17) is 11.6 Å². The van der Waals surface area contributed by atoms with Crippen molar-refractivity contribution >= 4 is 22.9 Å². The van der Waals surface area contributed by atoms with Gasteiger partial charge in [-0.3, -0.25) is 0 Å². The van der Waals surface area contributed by atoms with Gasteiger partial charge in [-0.05, 0) is 32.2 Å². The second-order valence-corrected chi connectivity index (χ2v) is 5.20. The van der Waals surface area contributed by atoms with Crippen molar-refractivity contribution in [3.8, 4) is 10.6 Å². The van der Waals surface area contributed by atoms with E-state index in [-0.39, 0.29) is 5.82 Å². The summed E-state index contributed by atoms with van der Waals surface area (Å²) in [5.41, 5.74) is 1.44. The molecule has 1 N–H and O–H groups in total. The van der Waals surface area contributed by atoms with Crippen molar-refractivity contribution in [1.82, 2.24) is 10.3 Å². The van der Waals surface area contributed by atoms with Gasteiger partial charge in [-0.15, -0.1) is 11.3 Å². The van der Waals surface area contributed by atoms with Crippen molar-refractivity contribution in [2.45, 2.75) is 13.5 Å². The molecule has 2 nitrogen and oxygen atoms in total. The van der Waals surface area contributed by atoms with Crippen molar-refractivity contribution < 1.29 is 4.39 Å². The zero-order chi connectivity index (χ0) is 12.4. The van der Waals surface area contributed by atoms with Crippen molar-refractivity contribution in [3.05, 3.63) is 39.6 Å². The van der Waals surface area contributed by atoms with E-state index >= 15 is 0 Å². The molecule has 0 saturated carbocycles. The Balaban J connectivity index is 2.42. The van der Waals surface area contributed by atoms with E-state index in [0.717, 1.165) is 17.1 Å². The van der Waals surface area contributed by atoms with Gasteiger partial charge in [0.25, 0.3) is 0 Å². The topological polar surface area (TPSA) is 24.9 Å². The standard InChI is InChI=1S/C12H12ClFN2S/c1-7-11(6-15-2)17-12(16-7)9-4-3-8(13)5-10(9)14/h3-5,15H,6H2,1-2H3. The highest BCUT2D eigenvalue weighted by Gasteiger charge is 2.12. The highest BCUT2D eigenvalue weighted by atomic mass is 35.5. The molecule has 0 fully saturated rings. The van der Waals surface area contributed by atoms with Crippen LogP contribution < -0.4 is 5.32 Å². The minimum Gasteiger partial charge on any atom is -0.315 e. The predicted molar refractivity (Wildman–Crippen MR) is 70.0 cm³/mol. The fourth-order valence-electron chi connectivity index (χ4n) is 1.53. The summed E-state index contributed by atoms with van der Waals surface area (Å²) < 4.78 is 13.7. The molecule has 0 aliphatic carbocycles. The minimum atomic E-state index is -0.331. The van der Waals surface area contributed by atoms with Crippen LogP contribution in [0.25, 0.3) is 10.6 Å². The Kier molecular flexibility index (Phi) is 3.76. The normalized spacial score (nSPS) is 10.8. The lowest BCUT2D eigenvalue weighted by Gasteiger charge is -1.98. The summed E-state index contributed by atoms with van der Waals surface area (Å²) in [6.07, 6.45) is 0. The quantitative estimate of drug-likeness (QED) is 0.921. The number of nitrogens with one attached hydrogen (secondary N) is 1. The summed E-state index contributed by atoms with van der Waals surface area (Å²) in [7, 11) is 1.88. The van der Waals surface area contributed by atoms with Gasteiger partial charge in [-0.1, -0.05) is 11.6 Å². The van der Waals surface area contributed by atoms with Gasteiger partial charge in [0.2, 0.25) is 0 Å². The van der Waals surface area contributed by atoms with Crippen LogP contribution in [0.1, 0.15) is 10.6 Å². The third-order valence-corrected chi connectivity index (χ3v) is 3.82. The molecule has 0 atom stereocenters.